The number of unbranched alkanes of at least 4 members (excludes halogenated alkanes) is 1. The van der Waals surface area contributed by atoms with Crippen molar-refractivity contribution in [3.8, 4) is 0 Å². The summed E-state index contributed by atoms with van der Waals surface area (Å²) in [6, 6.07) is 0.663. The summed E-state index contributed by atoms with van der Waals surface area (Å²) in [6.45, 7) is 12.1. The average Bonchev–Trinajstić information content (AvgIpc) is 2.29. The Bertz CT molecular complexity index is 148. The lowest BCUT2D eigenvalue weighted by Gasteiger charge is -2.12. The van der Waals surface area contributed by atoms with Gasteiger partial charge in [0, 0.05) is 19.3 Å². The second-order valence-corrected chi connectivity index (χ2v) is 5.50. The molecular formula is C15H33NO. The SMILES string of the molecule is CCCNC(C)CCCCOCCCC(C)C. The molecule has 1 unspecified atom stereocenters. The highest BCUT2D eigenvalue weighted by atomic mass is 16.5. The molecule has 0 radical (unpaired) electrons. The van der Waals surface area contributed by atoms with Gasteiger partial charge in [0.2, 0.25) is 0 Å². The monoisotopic (exact) mass is 243 g/mol. The molecule has 0 fully saturated rings. The molecule has 0 heterocycles. The molecule has 0 saturated carbocycles. The fourth-order valence-electron chi connectivity index (χ4n) is 1.84. The minimum Gasteiger partial charge on any atom is -0.381 e. The third-order valence-corrected chi connectivity index (χ3v) is 2.99. The Hall–Kier alpha value is -0.0800. The fraction of sp³-hybridized carbons (Fsp3) is 1.00. The smallest absolute Gasteiger partial charge is 0.0466 e. The van der Waals surface area contributed by atoms with Crippen LogP contribution in [0.15, 0.2) is 0 Å². The van der Waals surface area contributed by atoms with Gasteiger partial charge in [-0.1, -0.05) is 20.8 Å². The molecule has 0 amide bonds. The zero-order chi connectivity index (χ0) is 12.9. The first-order valence-electron chi connectivity index (χ1n) is 7.48. The van der Waals surface area contributed by atoms with Crippen molar-refractivity contribution in [3.63, 3.8) is 0 Å². The molecule has 0 aliphatic rings. The molecular weight excluding hydrogens is 210 g/mol. The summed E-state index contributed by atoms with van der Waals surface area (Å²) in [7, 11) is 0. The van der Waals surface area contributed by atoms with E-state index in [-0.39, 0.29) is 0 Å². The van der Waals surface area contributed by atoms with Crippen LogP contribution in [-0.4, -0.2) is 25.8 Å². The Morgan fingerprint density at radius 3 is 2.29 bits per heavy atom. The minimum atomic E-state index is 0.663. The van der Waals surface area contributed by atoms with Gasteiger partial charge in [-0.25, -0.2) is 0 Å². The lowest BCUT2D eigenvalue weighted by Crippen LogP contribution is -2.26. The molecule has 2 heteroatoms. The fourth-order valence-corrected chi connectivity index (χ4v) is 1.84. The Kier molecular flexibility index (Phi) is 12.3. The van der Waals surface area contributed by atoms with Crippen molar-refractivity contribution in [3.05, 3.63) is 0 Å². The minimum absolute atomic E-state index is 0.663. The van der Waals surface area contributed by atoms with Crippen molar-refractivity contribution in [1.29, 1.82) is 0 Å². The van der Waals surface area contributed by atoms with Gasteiger partial charge >= 0.3 is 0 Å². The lowest BCUT2D eigenvalue weighted by molar-refractivity contribution is 0.123. The first-order chi connectivity index (χ1) is 8.16. The number of ether oxygens (including phenoxy) is 1. The van der Waals surface area contributed by atoms with E-state index in [1.807, 2.05) is 0 Å². The molecule has 0 bridgehead atoms. The molecule has 0 rings (SSSR count). The molecule has 2 nitrogen and oxygen atoms in total. The third-order valence-electron chi connectivity index (χ3n) is 2.99. The van der Waals surface area contributed by atoms with E-state index in [0.717, 1.165) is 25.7 Å². The lowest BCUT2D eigenvalue weighted by atomic mass is 10.1. The van der Waals surface area contributed by atoms with Gasteiger partial charge in [-0.3, -0.25) is 0 Å². The molecule has 0 aromatic heterocycles. The number of rotatable bonds is 12. The number of nitrogens with one attached hydrogen (secondary N) is 1. The summed E-state index contributed by atoms with van der Waals surface area (Å²) in [4.78, 5) is 0. The topological polar surface area (TPSA) is 21.3 Å². The maximum absolute atomic E-state index is 5.63. The number of hydrogen-bond acceptors (Lipinski definition) is 2. The van der Waals surface area contributed by atoms with E-state index in [9.17, 15) is 0 Å². The molecule has 0 aliphatic heterocycles. The maximum atomic E-state index is 5.63. The molecule has 17 heavy (non-hydrogen) atoms. The second-order valence-electron chi connectivity index (χ2n) is 5.50. The van der Waals surface area contributed by atoms with Crippen LogP contribution in [0.3, 0.4) is 0 Å². The molecule has 104 valence electrons. The Morgan fingerprint density at radius 1 is 0.941 bits per heavy atom. The van der Waals surface area contributed by atoms with Crippen molar-refractivity contribution in [1.82, 2.24) is 5.32 Å². The second kappa shape index (κ2) is 12.4. The van der Waals surface area contributed by atoms with Crippen LogP contribution in [0.1, 0.15) is 66.2 Å². The van der Waals surface area contributed by atoms with Gasteiger partial charge in [0.1, 0.15) is 0 Å². The maximum Gasteiger partial charge on any atom is 0.0466 e. The average molecular weight is 243 g/mol. The molecule has 0 aromatic rings. The normalized spacial score (nSPS) is 13.2. The highest BCUT2D eigenvalue weighted by molar-refractivity contribution is 4.59. The van der Waals surface area contributed by atoms with Gasteiger partial charge in [-0.15, -0.1) is 0 Å². The number of hydrogen-bond donors (Lipinski definition) is 1. The van der Waals surface area contributed by atoms with Gasteiger partial charge in [-0.2, -0.15) is 0 Å². The van der Waals surface area contributed by atoms with E-state index in [2.05, 4.69) is 33.0 Å². The first kappa shape index (κ1) is 16.9. The van der Waals surface area contributed by atoms with Crippen LogP contribution in [0.25, 0.3) is 0 Å². The summed E-state index contributed by atoms with van der Waals surface area (Å²) in [5.41, 5.74) is 0. The zero-order valence-electron chi connectivity index (χ0n) is 12.4. The van der Waals surface area contributed by atoms with Gasteiger partial charge in [-0.05, 0) is 57.9 Å². The Labute approximate surface area is 109 Å². The summed E-state index contributed by atoms with van der Waals surface area (Å²) < 4.78 is 5.63. The van der Waals surface area contributed by atoms with Gasteiger partial charge in [0.15, 0.2) is 0 Å². The highest BCUT2D eigenvalue weighted by Gasteiger charge is 1.99. The van der Waals surface area contributed by atoms with Gasteiger partial charge in [0.05, 0.1) is 0 Å². The predicted molar refractivity (Wildman–Crippen MR) is 76.5 cm³/mol. The van der Waals surface area contributed by atoms with Crippen molar-refractivity contribution in [2.45, 2.75) is 72.3 Å². The van der Waals surface area contributed by atoms with E-state index in [0.29, 0.717) is 6.04 Å². The van der Waals surface area contributed by atoms with Crippen LogP contribution >= 0.6 is 0 Å². The van der Waals surface area contributed by atoms with Crippen LogP contribution in [-0.2, 0) is 4.74 Å². The highest BCUT2D eigenvalue weighted by Crippen LogP contribution is 2.04. The van der Waals surface area contributed by atoms with Gasteiger partial charge in [0.25, 0.3) is 0 Å². The van der Waals surface area contributed by atoms with Crippen LogP contribution in [0.5, 0.6) is 0 Å². The molecule has 1 N–H and O–H groups in total. The van der Waals surface area contributed by atoms with E-state index in [4.69, 9.17) is 4.74 Å². The molecule has 0 saturated heterocycles. The summed E-state index contributed by atoms with van der Waals surface area (Å²) in [5.74, 6) is 0.809. The van der Waals surface area contributed by atoms with Crippen LogP contribution < -0.4 is 5.32 Å². The van der Waals surface area contributed by atoms with Crippen LogP contribution in [0.2, 0.25) is 0 Å². The Balaban J connectivity index is 3.07. The molecule has 1 atom stereocenters. The standard InChI is InChI=1S/C15H33NO/c1-5-11-16-15(4)10-6-7-12-17-13-8-9-14(2)3/h14-16H,5-13H2,1-4H3. The first-order valence-corrected chi connectivity index (χ1v) is 7.48. The summed E-state index contributed by atoms with van der Waals surface area (Å²) in [5, 5.41) is 3.52. The van der Waals surface area contributed by atoms with E-state index < -0.39 is 0 Å². The Morgan fingerprint density at radius 2 is 1.65 bits per heavy atom. The van der Waals surface area contributed by atoms with Crippen LogP contribution in [0, 0.1) is 5.92 Å². The molecule has 0 aromatic carbocycles. The van der Waals surface area contributed by atoms with E-state index in [1.54, 1.807) is 0 Å². The van der Waals surface area contributed by atoms with Crippen molar-refractivity contribution in [2.75, 3.05) is 19.8 Å². The molecule has 0 aliphatic carbocycles. The van der Waals surface area contributed by atoms with Gasteiger partial charge < -0.3 is 10.1 Å². The third kappa shape index (κ3) is 13.9. The summed E-state index contributed by atoms with van der Waals surface area (Å²) >= 11 is 0. The van der Waals surface area contributed by atoms with Crippen molar-refractivity contribution in [2.24, 2.45) is 5.92 Å². The quantitative estimate of drug-likeness (QED) is 0.523. The summed E-state index contributed by atoms with van der Waals surface area (Å²) in [6.07, 6.45) is 7.49. The van der Waals surface area contributed by atoms with Crippen molar-refractivity contribution >= 4 is 0 Å². The zero-order valence-corrected chi connectivity index (χ0v) is 12.4. The van der Waals surface area contributed by atoms with Crippen molar-refractivity contribution < 1.29 is 4.74 Å². The van der Waals surface area contributed by atoms with Crippen LogP contribution in [0.4, 0.5) is 0 Å². The molecule has 0 spiro atoms. The predicted octanol–water partition coefficient (Wildman–Crippen LogP) is 4.00. The van der Waals surface area contributed by atoms with E-state index in [1.165, 1.54) is 38.5 Å². The largest absolute Gasteiger partial charge is 0.381 e. The van der Waals surface area contributed by atoms with E-state index >= 15 is 0 Å².